The lowest BCUT2D eigenvalue weighted by molar-refractivity contribution is -0.136. The van der Waals surface area contributed by atoms with Crippen molar-refractivity contribution in [3.05, 3.63) is 95.0 Å². The smallest absolute Gasteiger partial charge is 0.329 e. The number of rotatable bonds is 6. The standard InChI is InChI=1S/C23H20ClN3O3/c1-16(26-27-23(29)22(28)25-20-11-9-19(24)10-12-20)18-7-13-21(14-8-18)30-15-17-5-3-2-4-6-17/h2-14H,15H2,1H3,(H,25,28)(H,27,29)/b26-16+. The Morgan fingerprint density at radius 2 is 1.57 bits per heavy atom. The van der Waals surface area contributed by atoms with Crippen molar-refractivity contribution in [3.8, 4) is 5.75 Å². The van der Waals surface area contributed by atoms with Gasteiger partial charge in [-0.1, -0.05) is 41.9 Å². The highest BCUT2D eigenvalue weighted by Gasteiger charge is 2.13. The van der Waals surface area contributed by atoms with Crippen LogP contribution in [0, 0.1) is 0 Å². The van der Waals surface area contributed by atoms with Crippen LogP contribution in [0.25, 0.3) is 0 Å². The molecule has 152 valence electrons. The quantitative estimate of drug-likeness (QED) is 0.351. The zero-order chi connectivity index (χ0) is 21.3. The van der Waals surface area contributed by atoms with Crippen LogP contribution in [0.4, 0.5) is 5.69 Å². The molecule has 2 amide bonds. The topological polar surface area (TPSA) is 79.8 Å². The summed E-state index contributed by atoms with van der Waals surface area (Å²) in [7, 11) is 0. The molecule has 0 aliphatic heterocycles. The summed E-state index contributed by atoms with van der Waals surface area (Å²) in [6.45, 7) is 2.21. The van der Waals surface area contributed by atoms with Crippen LogP contribution in [-0.2, 0) is 16.2 Å². The first-order chi connectivity index (χ1) is 14.5. The van der Waals surface area contributed by atoms with Gasteiger partial charge in [-0.05, 0) is 66.6 Å². The number of amides is 2. The van der Waals surface area contributed by atoms with Gasteiger partial charge in [0.25, 0.3) is 0 Å². The van der Waals surface area contributed by atoms with Gasteiger partial charge in [-0.15, -0.1) is 0 Å². The van der Waals surface area contributed by atoms with Crippen LogP contribution >= 0.6 is 11.6 Å². The highest BCUT2D eigenvalue weighted by molar-refractivity contribution is 6.39. The van der Waals surface area contributed by atoms with Crippen LogP contribution in [0.1, 0.15) is 18.1 Å². The maximum absolute atomic E-state index is 11.9. The molecule has 0 saturated carbocycles. The summed E-state index contributed by atoms with van der Waals surface area (Å²) in [5, 5.41) is 7.00. The number of nitrogens with one attached hydrogen (secondary N) is 2. The molecular formula is C23H20ClN3O3. The largest absolute Gasteiger partial charge is 0.489 e. The molecule has 6 nitrogen and oxygen atoms in total. The number of carbonyl (C=O) groups excluding carboxylic acids is 2. The Kier molecular flexibility index (Phi) is 7.19. The molecular weight excluding hydrogens is 402 g/mol. The minimum Gasteiger partial charge on any atom is -0.489 e. The number of anilines is 1. The maximum atomic E-state index is 11.9. The van der Waals surface area contributed by atoms with Gasteiger partial charge in [-0.25, -0.2) is 5.43 Å². The number of hydrazone groups is 1. The average Bonchev–Trinajstić information content (AvgIpc) is 2.78. The van der Waals surface area contributed by atoms with Crippen LogP contribution < -0.4 is 15.5 Å². The van der Waals surface area contributed by atoms with E-state index in [1.54, 1.807) is 31.2 Å². The highest BCUT2D eigenvalue weighted by Crippen LogP contribution is 2.15. The molecule has 0 saturated heterocycles. The molecule has 0 heterocycles. The molecule has 7 heteroatoms. The average molecular weight is 422 g/mol. The number of ether oxygens (including phenoxy) is 1. The molecule has 0 bridgehead atoms. The van der Waals surface area contributed by atoms with Crippen LogP contribution in [0.15, 0.2) is 84.0 Å². The molecule has 0 atom stereocenters. The molecule has 0 unspecified atom stereocenters. The minimum atomic E-state index is -0.868. The maximum Gasteiger partial charge on any atom is 0.329 e. The van der Waals surface area contributed by atoms with Crippen molar-refractivity contribution in [1.29, 1.82) is 0 Å². The fraction of sp³-hybridized carbons (Fsp3) is 0.0870. The molecule has 0 aliphatic carbocycles. The Balaban J connectivity index is 1.52. The first-order valence-corrected chi connectivity index (χ1v) is 9.57. The lowest BCUT2D eigenvalue weighted by Crippen LogP contribution is -2.32. The zero-order valence-electron chi connectivity index (χ0n) is 16.3. The van der Waals surface area contributed by atoms with E-state index in [1.807, 2.05) is 54.6 Å². The molecule has 2 N–H and O–H groups in total. The molecule has 0 fully saturated rings. The zero-order valence-corrected chi connectivity index (χ0v) is 17.0. The van der Waals surface area contributed by atoms with Gasteiger partial charge in [0.1, 0.15) is 12.4 Å². The Morgan fingerprint density at radius 1 is 0.900 bits per heavy atom. The molecule has 0 aliphatic rings. The van der Waals surface area contributed by atoms with E-state index in [-0.39, 0.29) is 0 Å². The van der Waals surface area contributed by atoms with E-state index in [0.29, 0.717) is 23.0 Å². The lowest BCUT2D eigenvalue weighted by atomic mass is 10.1. The Morgan fingerprint density at radius 3 is 2.23 bits per heavy atom. The summed E-state index contributed by atoms with van der Waals surface area (Å²) < 4.78 is 5.75. The van der Waals surface area contributed by atoms with Crippen LogP contribution in [0.2, 0.25) is 5.02 Å². The first kappa shape index (κ1) is 21.1. The molecule has 3 rings (SSSR count). The molecule has 3 aromatic carbocycles. The molecule has 0 aromatic heterocycles. The third-order valence-corrected chi connectivity index (χ3v) is 4.41. The number of nitrogens with zero attached hydrogens (tertiary/aromatic N) is 1. The summed E-state index contributed by atoms with van der Waals surface area (Å²) in [6, 6.07) is 23.6. The molecule has 0 spiro atoms. The van der Waals surface area contributed by atoms with E-state index < -0.39 is 11.8 Å². The number of carbonyl (C=O) groups is 2. The van der Waals surface area contributed by atoms with Gasteiger partial charge in [0, 0.05) is 10.7 Å². The second kappa shape index (κ2) is 10.2. The minimum absolute atomic E-state index is 0.464. The second-order valence-electron chi connectivity index (χ2n) is 6.40. The van der Waals surface area contributed by atoms with Gasteiger partial charge < -0.3 is 10.1 Å². The van der Waals surface area contributed by atoms with Gasteiger partial charge in [-0.2, -0.15) is 5.10 Å². The van der Waals surface area contributed by atoms with Gasteiger partial charge in [0.05, 0.1) is 5.71 Å². The third-order valence-electron chi connectivity index (χ3n) is 4.15. The number of hydrogen-bond acceptors (Lipinski definition) is 4. The monoisotopic (exact) mass is 421 g/mol. The predicted molar refractivity (Wildman–Crippen MR) is 118 cm³/mol. The first-order valence-electron chi connectivity index (χ1n) is 9.19. The van der Waals surface area contributed by atoms with E-state index in [4.69, 9.17) is 16.3 Å². The van der Waals surface area contributed by atoms with Crippen molar-refractivity contribution >= 4 is 34.8 Å². The van der Waals surface area contributed by atoms with Crippen molar-refractivity contribution in [2.75, 3.05) is 5.32 Å². The van der Waals surface area contributed by atoms with E-state index >= 15 is 0 Å². The fourth-order valence-electron chi connectivity index (χ4n) is 2.50. The molecule has 0 radical (unpaired) electrons. The molecule has 3 aromatic rings. The van der Waals surface area contributed by atoms with Gasteiger partial charge in [0.2, 0.25) is 0 Å². The van der Waals surface area contributed by atoms with Gasteiger partial charge in [0.15, 0.2) is 0 Å². The van der Waals surface area contributed by atoms with E-state index in [0.717, 1.165) is 16.9 Å². The van der Waals surface area contributed by atoms with Crippen molar-refractivity contribution in [2.24, 2.45) is 5.10 Å². The number of halogens is 1. The van der Waals surface area contributed by atoms with Crippen molar-refractivity contribution in [1.82, 2.24) is 5.43 Å². The van der Waals surface area contributed by atoms with Crippen molar-refractivity contribution < 1.29 is 14.3 Å². The molecule has 30 heavy (non-hydrogen) atoms. The second-order valence-corrected chi connectivity index (χ2v) is 6.83. The Labute approximate surface area is 179 Å². The van der Waals surface area contributed by atoms with Crippen LogP contribution in [-0.4, -0.2) is 17.5 Å². The summed E-state index contributed by atoms with van der Waals surface area (Å²) >= 11 is 5.79. The summed E-state index contributed by atoms with van der Waals surface area (Å²) in [5.74, 6) is -0.965. The Hall–Kier alpha value is -3.64. The SMILES string of the molecule is C/C(=N\NC(=O)C(=O)Nc1ccc(Cl)cc1)c1ccc(OCc2ccccc2)cc1. The number of hydrogen-bond donors (Lipinski definition) is 2. The summed E-state index contributed by atoms with van der Waals surface area (Å²) in [5.41, 5.74) is 5.14. The summed E-state index contributed by atoms with van der Waals surface area (Å²) in [4.78, 5) is 23.9. The van der Waals surface area contributed by atoms with Crippen molar-refractivity contribution in [2.45, 2.75) is 13.5 Å². The predicted octanol–water partition coefficient (Wildman–Crippen LogP) is 4.40. The van der Waals surface area contributed by atoms with E-state index in [2.05, 4.69) is 15.8 Å². The van der Waals surface area contributed by atoms with Crippen LogP contribution in [0.3, 0.4) is 0 Å². The van der Waals surface area contributed by atoms with Crippen molar-refractivity contribution in [3.63, 3.8) is 0 Å². The summed E-state index contributed by atoms with van der Waals surface area (Å²) in [6.07, 6.45) is 0. The fourth-order valence-corrected chi connectivity index (χ4v) is 2.63. The third kappa shape index (κ3) is 6.18. The lowest BCUT2D eigenvalue weighted by Gasteiger charge is -2.08. The number of benzene rings is 3. The normalized spacial score (nSPS) is 10.9. The Bertz CT molecular complexity index is 1030. The van der Waals surface area contributed by atoms with E-state index in [1.165, 1.54) is 0 Å². The van der Waals surface area contributed by atoms with Crippen LogP contribution in [0.5, 0.6) is 5.75 Å². The van der Waals surface area contributed by atoms with E-state index in [9.17, 15) is 9.59 Å². The van der Waals surface area contributed by atoms with Gasteiger partial charge >= 0.3 is 11.8 Å². The highest BCUT2D eigenvalue weighted by atomic mass is 35.5. The van der Waals surface area contributed by atoms with Gasteiger partial charge in [-0.3, -0.25) is 9.59 Å².